The van der Waals surface area contributed by atoms with Gasteiger partial charge in [-0.3, -0.25) is 4.79 Å². The number of hydrogen-bond donors (Lipinski definition) is 1. The Balaban J connectivity index is 2.55. The van der Waals surface area contributed by atoms with Crippen molar-refractivity contribution in [2.75, 3.05) is 23.3 Å². The fourth-order valence-corrected chi connectivity index (χ4v) is 2.33. The molecule has 1 N–H and O–H groups in total. The molecule has 2 rings (SSSR count). The number of hydrogen-bond acceptors (Lipinski definition) is 2. The maximum Gasteiger partial charge on any atom is 0.223 e. The van der Waals surface area contributed by atoms with Gasteiger partial charge in [0.1, 0.15) is 0 Å². The van der Waals surface area contributed by atoms with Crippen molar-refractivity contribution >= 4 is 28.9 Å². The van der Waals surface area contributed by atoms with E-state index >= 15 is 0 Å². The third kappa shape index (κ3) is 2.00. The van der Waals surface area contributed by atoms with Crippen LogP contribution in [0.3, 0.4) is 0 Å². The Labute approximate surface area is 100 Å². The molecule has 4 heteroatoms. The van der Waals surface area contributed by atoms with E-state index in [1.165, 1.54) is 0 Å². The second-order valence-corrected chi connectivity index (χ2v) is 4.50. The molecule has 0 fully saturated rings. The van der Waals surface area contributed by atoms with Gasteiger partial charge in [0.25, 0.3) is 0 Å². The zero-order valence-electron chi connectivity index (χ0n) is 9.51. The van der Waals surface area contributed by atoms with E-state index in [2.05, 4.69) is 5.32 Å². The van der Waals surface area contributed by atoms with Crippen LogP contribution in [0.2, 0.25) is 5.02 Å². The Kier molecular flexibility index (Phi) is 3.06. The highest BCUT2D eigenvalue weighted by Gasteiger charge is 2.20. The molecule has 1 aliphatic rings. The van der Waals surface area contributed by atoms with Gasteiger partial charge in [0.05, 0.1) is 11.4 Å². The van der Waals surface area contributed by atoms with Crippen LogP contribution in [0.1, 0.15) is 18.9 Å². The van der Waals surface area contributed by atoms with E-state index < -0.39 is 0 Å². The summed E-state index contributed by atoms with van der Waals surface area (Å²) in [6.45, 7) is 5.22. The lowest BCUT2D eigenvalue weighted by Crippen LogP contribution is -2.29. The van der Waals surface area contributed by atoms with Crippen LogP contribution in [0, 0.1) is 6.92 Å². The van der Waals surface area contributed by atoms with E-state index in [4.69, 9.17) is 11.6 Å². The zero-order valence-corrected chi connectivity index (χ0v) is 10.3. The summed E-state index contributed by atoms with van der Waals surface area (Å²) >= 11 is 6.04. The van der Waals surface area contributed by atoms with Crippen molar-refractivity contribution < 1.29 is 4.79 Å². The molecule has 0 atom stereocenters. The molecule has 0 unspecified atom stereocenters. The summed E-state index contributed by atoms with van der Waals surface area (Å²) in [5.41, 5.74) is 3.00. The van der Waals surface area contributed by atoms with Crippen molar-refractivity contribution in [2.45, 2.75) is 20.3 Å². The van der Waals surface area contributed by atoms with Crippen molar-refractivity contribution in [2.24, 2.45) is 0 Å². The summed E-state index contributed by atoms with van der Waals surface area (Å²) in [7, 11) is 0. The minimum atomic E-state index is 0.0617. The molecule has 86 valence electrons. The topological polar surface area (TPSA) is 32.3 Å². The molecule has 1 aliphatic heterocycles. The number of halogens is 1. The van der Waals surface area contributed by atoms with E-state index in [-0.39, 0.29) is 5.91 Å². The van der Waals surface area contributed by atoms with Crippen LogP contribution in [0.25, 0.3) is 0 Å². The van der Waals surface area contributed by atoms with Gasteiger partial charge in [-0.05, 0) is 31.0 Å². The summed E-state index contributed by atoms with van der Waals surface area (Å²) in [5, 5.41) is 4.03. The number of carbonyl (C=O) groups is 1. The molecule has 0 aliphatic carbocycles. The maximum absolute atomic E-state index is 11.6. The molecule has 1 aromatic carbocycles. The molecule has 0 spiro atoms. The van der Waals surface area contributed by atoms with Crippen LogP contribution in [-0.4, -0.2) is 19.0 Å². The highest BCUT2D eigenvalue weighted by molar-refractivity contribution is 6.31. The molecule has 0 saturated carbocycles. The van der Waals surface area contributed by atoms with E-state index in [9.17, 15) is 4.79 Å². The normalized spacial score (nSPS) is 15.1. The van der Waals surface area contributed by atoms with Crippen molar-refractivity contribution in [3.8, 4) is 0 Å². The third-order valence-electron chi connectivity index (χ3n) is 2.81. The summed E-state index contributed by atoms with van der Waals surface area (Å²) in [5.74, 6) is 0.0617. The Morgan fingerprint density at radius 3 is 2.94 bits per heavy atom. The Morgan fingerprint density at radius 1 is 1.50 bits per heavy atom. The van der Waals surface area contributed by atoms with E-state index in [1.54, 1.807) is 11.8 Å². The first-order valence-electron chi connectivity index (χ1n) is 5.41. The molecule has 0 bridgehead atoms. The lowest BCUT2D eigenvalue weighted by molar-refractivity contribution is -0.116. The van der Waals surface area contributed by atoms with Crippen LogP contribution >= 0.6 is 11.6 Å². The number of anilines is 2. The van der Waals surface area contributed by atoms with Gasteiger partial charge in [0, 0.05) is 25.0 Å². The number of nitrogens with one attached hydrogen (secondary N) is 1. The molecular formula is C12H15ClN2O. The minimum Gasteiger partial charge on any atom is -0.383 e. The van der Waals surface area contributed by atoms with Gasteiger partial charge in [-0.15, -0.1) is 0 Å². The monoisotopic (exact) mass is 238 g/mol. The van der Waals surface area contributed by atoms with Gasteiger partial charge in [-0.25, -0.2) is 0 Å². The van der Waals surface area contributed by atoms with E-state index in [0.29, 0.717) is 5.02 Å². The molecule has 3 nitrogen and oxygen atoms in total. The minimum absolute atomic E-state index is 0.0617. The number of amides is 1. The number of carbonyl (C=O) groups excluding carboxylic acids is 1. The van der Waals surface area contributed by atoms with Crippen LogP contribution in [0.15, 0.2) is 12.1 Å². The van der Waals surface area contributed by atoms with Gasteiger partial charge >= 0.3 is 0 Å². The van der Waals surface area contributed by atoms with Crippen molar-refractivity contribution in [1.82, 2.24) is 0 Å². The molecule has 1 heterocycles. The Bertz CT molecular complexity index is 431. The van der Waals surface area contributed by atoms with Gasteiger partial charge in [0.15, 0.2) is 0 Å². The molecule has 0 saturated heterocycles. The van der Waals surface area contributed by atoms with Gasteiger partial charge < -0.3 is 10.2 Å². The highest BCUT2D eigenvalue weighted by Crippen LogP contribution is 2.34. The van der Waals surface area contributed by atoms with E-state index in [1.807, 2.05) is 19.1 Å². The molecule has 16 heavy (non-hydrogen) atoms. The Morgan fingerprint density at radius 2 is 2.25 bits per heavy atom. The molecule has 1 aromatic rings. The van der Waals surface area contributed by atoms with Crippen LogP contribution in [0.5, 0.6) is 0 Å². The van der Waals surface area contributed by atoms with Crippen LogP contribution in [0.4, 0.5) is 11.4 Å². The summed E-state index contributed by atoms with van der Waals surface area (Å²) in [4.78, 5) is 13.4. The fraction of sp³-hybridized carbons (Fsp3) is 0.417. The van der Waals surface area contributed by atoms with Crippen molar-refractivity contribution in [1.29, 1.82) is 0 Å². The summed E-state index contributed by atoms with van der Waals surface area (Å²) < 4.78 is 0. The average molecular weight is 239 g/mol. The Hall–Kier alpha value is -1.22. The van der Waals surface area contributed by atoms with Gasteiger partial charge in [-0.1, -0.05) is 11.6 Å². The van der Waals surface area contributed by atoms with Crippen LogP contribution < -0.4 is 10.2 Å². The fourth-order valence-electron chi connectivity index (χ4n) is 2.07. The average Bonchev–Trinajstić information content (AvgIpc) is 2.39. The molecule has 0 aromatic heterocycles. The number of nitrogens with zero attached hydrogens (tertiary/aromatic N) is 1. The standard InChI is InChI=1S/C12H15ClN2O/c1-8-6-10(13)7-11-12(8)14-4-3-5-15(11)9(2)16/h6-7,14H,3-5H2,1-2H3. The zero-order chi connectivity index (χ0) is 11.7. The number of fused-ring (bicyclic) bond motifs is 1. The predicted molar refractivity (Wildman–Crippen MR) is 67.3 cm³/mol. The van der Waals surface area contributed by atoms with Gasteiger partial charge in [-0.2, -0.15) is 0 Å². The quantitative estimate of drug-likeness (QED) is 0.754. The SMILES string of the molecule is CC(=O)N1CCCNc2c(C)cc(Cl)cc21. The molecule has 1 amide bonds. The third-order valence-corrected chi connectivity index (χ3v) is 3.03. The van der Waals surface area contributed by atoms with Gasteiger partial charge in [0.2, 0.25) is 5.91 Å². The van der Waals surface area contributed by atoms with E-state index in [0.717, 1.165) is 36.4 Å². The first-order chi connectivity index (χ1) is 7.59. The summed E-state index contributed by atoms with van der Waals surface area (Å²) in [6, 6.07) is 3.76. The first-order valence-corrected chi connectivity index (χ1v) is 5.79. The molecule has 0 radical (unpaired) electrons. The van der Waals surface area contributed by atoms with Crippen molar-refractivity contribution in [3.63, 3.8) is 0 Å². The predicted octanol–water partition coefficient (Wildman–Crippen LogP) is 2.82. The first kappa shape index (κ1) is 11.3. The number of benzene rings is 1. The maximum atomic E-state index is 11.6. The number of rotatable bonds is 0. The lowest BCUT2D eigenvalue weighted by atomic mass is 10.1. The summed E-state index contributed by atoms with van der Waals surface area (Å²) in [6.07, 6.45) is 0.950. The number of aryl methyl sites for hydroxylation is 1. The lowest BCUT2D eigenvalue weighted by Gasteiger charge is -2.22. The van der Waals surface area contributed by atoms with Crippen molar-refractivity contribution in [3.05, 3.63) is 22.7 Å². The second-order valence-electron chi connectivity index (χ2n) is 4.07. The smallest absolute Gasteiger partial charge is 0.223 e. The van der Waals surface area contributed by atoms with Crippen LogP contribution in [-0.2, 0) is 4.79 Å². The molecular weight excluding hydrogens is 224 g/mol. The largest absolute Gasteiger partial charge is 0.383 e. The highest BCUT2D eigenvalue weighted by atomic mass is 35.5. The second kappa shape index (κ2) is 4.34.